The Bertz CT molecular complexity index is 826. The highest BCUT2D eigenvalue weighted by Gasteiger charge is 2.08. The van der Waals surface area contributed by atoms with Crippen LogP contribution in [0.3, 0.4) is 0 Å². The molecule has 2 N–H and O–H groups in total. The lowest BCUT2D eigenvalue weighted by atomic mass is 10.1. The number of rotatable bonds is 9. The number of ether oxygens (including phenoxy) is 2. The number of amides is 1. The zero-order chi connectivity index (χ0) is 19.5. The van der Waals surface area contributed by atoms with Crippen LogP contribution >= 0.6 is 0 Å². The lowest BCUT2D eigenvalue weighted by Crippen LogP contribution is -2.25. The van der Waals surface area contributed by atoms with Crippen LogP contribution in [0.5, 0.6) is 11.5 Å². The molecule has 6 heteroatoms. The molecule has 2 aromatic rings. The summed E-state index contributed by atoms with van der Waals surface area (Å²) in [4.78, 5) is 12.1. The fraction of sp³-hybridized carbons (Fsp3) is 0.238. The van der Waals surface area contributed by atoms with Crippen LogP contribution in [0.4, 0.5) is 0 Å². The van der Waals surface area contributed by atoms with Crippen molar-refractivity contribution in [3.63, 3.8) is 0 Å². The van der Waals surface area contributed by atoms with Gasteiger partial charge in [-0.2, -0.15) is 5.26 Å². The summed E-state index contributed by atoms with van der Waals surface area (Å²) in [5, 5.41) is 14.9. The largest absolute Gasteiger partial charge is 0.493 e. The predicted molar refractivity (Wildman–Crippen MR) is 103 cm³/mol. The van der Waals surface area contributed by atoms with E-state index in [1.54, 1.807) is 14.2 Å². The summed E-state index contributed by atoms with van der Waals surface area (Å²) in [7, 11) is 3.19. The Morgan fingerprint density at radius 2 is 1.81 bits per heavy atom. The Morgan fingerprint density at radius 1 is 1.07 bits per heavy atom. The Hall–Kier alpha value is -3.46. The van der Waals surface area contributed by atoms with E-state index in [-0.39, 0.29) is 5.57 Å². The van der Waals surface area contributed by atoms with Crippen molar-refractivity contribution in [1.82, 2.24) is 10.6 Å². The van der Waals surface area contributed by atoms with Crippen molar-refractivity contribution >= 4 is 5.91 Å². The smallest absolute Gasteiger partial charge is 0.263 e. The first-order valence-electron chi connectivity index (χ1n) is 8.54. The van der Waals surface area contributed by atoms with E-state index in [1.165, 1.54) is 6.20 Å². The minimum atomic E-state index is -0.403. The molecule has 6 nitrogen and oxygen atoms in total. The fourth-order valence-electron chi connectivity index (χ4n) is 2.45. The summed E-state index contributed by atoms with van der Waals surface area (Å²) < 4.78 is 10.5. The number of benzene rings is 2. The van der Waals surface area contributed by atoms with Crippen LogP contribution in [-0.2, 0) is 17.8 Å². The second-order valence-electron chi connectivity index (χ2n) is 5.73. The molecule has 0 saturated heterocycles. The van der Waals surface area contributed by atoms with Crippen molar-refractivity contribution in [2.24, 2.45) is 0 Å². The molecule has 0 spiro atoms. The van der Waals surface area contributed by atoms with Crippen LogP contribution in [0, 0.1) is 11.3 Å². The van der Waals surface area contributed by atoms with Crippen molar-refractivity contribution in [3.8, 4) is 17.6 Å². The van der Waals surface area contributed by atoms with E-state index >= 15 is 0 Å². The standard InChI is InChI=1S/C21H23N3O3/c1-26-19-9-8-16(12-20(19)27-2)10-11-23-15-18(13-22)21(25)24-14-17-6-4-3-5-7-17/h3-9,12,15,23H,10-11,14H2,1-2H3,(H,24,25)/b18-15-. The molecule has 0 fully saturated rings. The van der Waals surface area contributed by atoms with Crippen molar-refractivity contribution in [1.29, 1.82) is 5.26 Å². The molecule has 0 aromatic heterocycles. The van der Waals surface area contributed by atoms with Gasteiger partial charge in [0.05, 0.1) is 14.2 Å². The molecule has 0 aliphatic carbocycles. The van der Waals surface area contributed by atoms with Gasteiger partial charge in [-0.3, -0.25) is 4.79 Å². The summed E-state index contributed by atoms with van der Waals surface area (Å²) >= 11 is 0. The normalized spacial score (nSPS) is 10.6. The SMILES string of the molecule is COc1ccc(CCN/C=C(/C#N)C(=O)NCc2ccccc2)cc1OC. The van der Waals surface area contributed by atoms with Crippen molar-refractivity contribution in [2.75, 3.05) is 20.8 Å². The summed E-state index contributed by atoms with van der Waals surface area (Å²) in [6.07, 6.45) is 2.16. The van der Waals surface area contributed by atoms with E-state index in [2.05, 4.69) is 10.6 Å². The number of nitriles is 1. The van der Waals surface area contributed by atoms with Crippen LogP contribution in [0.1, 0.15) is 11.1 Å². The van der Waals surface area contributed by atoms with Gasteiger partial charge in [-0.15, -0.1) is 0 Å². The molecule has 0 saturated carbocycles. The van der Waals surface area contributed by atoms with Crippen LogP contribution in [0.25, 0.3) is 0 Å². The van der Waals surface area contributed by atoms with Crippen LogP contribution in [0.15, 0.2) is 60.3 Å². The van der Waals surface area contributed by atoms with Crippen molar-refractivity contribution in [2.45, 2.75) is 13.0 Å². The van der Waals surface area contributed by atoms with Gasteiger partial charge in [-0.1, -0.05) is 36.4 Å². The first-order chi connectivity index (χ1) is 13.2. The lowest BCUT2D eigenvalue weighted by molar-refractivity contribution is -0.117. The van der Waals surface area contributed by atoms with E-state index in [0.29, 0.717) is 31.0 Å². The highest BCUT2D eigenvalue weighted by Crippen LogP contribution is 2.27. The molecule has 2 aromatic carbocycles. The predicted octanol–water partition coefficient (Wildman–Crippen LogP) is 2.56. The average molecular weight is 365 g/mol. The number of nitrogens with one attached hydrogen (secondary N) is 2. The molecule has 0 unspecified atom stereocenters. The molecular weight excluding hydrogens is 342 g/mol. The van der Waals surface area contributed by atoms with Crippen LogP contribution in [-0.4, -0.2) is 26.7 Å². The molecule has 0 bridgehead atoms. The van der Waals surface area contributed by atoms with Gasteiger partial charge in [-0.25, -0.2) is 0 Å². The molecule has 1 amide bonds. The molecule has 0 aliphatic rings. The third-order valence-electron chi connectivity index (χ3n) is 3.91. The van der Waals surface area contributed by atoms with Crippen molar-refractivity contribution in [3.05, 3.63) is 71.4 Å². The van der Waals surface area contributed by atoms with Gasteiger partial charge in [0, 0.05) is 19.3 Å². The molecule has 0 aliphatic heterocycles. The van der Waals surface area contributed by atoms with Gasteiger partial charge in [0.15, 0.2) is 11.5 Å². The summed E-state index contributed by atoms with van der Waals surface area (Å²) in [5.41, 5.74) is 2.07. The quantitative estimate of drug-likeness (QED) is 0.405. The van der Waals surface area contributed by atoms with Crippen LogP contribution in [0.2, 0.25) is 0 Å². The Balaban J connectivity index is 1.84. The number of carbonyl (C=O) groups excluding carboxylic acids is 1. The second-order valence-corrected chi connectivity index (χ2v) is 5.73. The molecule has 27 heavy (non-hydrogen) atoms. The van der Waals surface area contributed by atoms with E-state index < -0.39 is 5.91 Å². The number of hydrogen-bond donors (Lipinski definition) is 2. The zero-order valence-electron chi connectivity index (χ0n) is 15.5. The third-order valence-corrected chi connectivity index (χ3v) is 3.91. The van der Waals surface area contributed by atoms with Crippen LogP contribution < -0.4 is 20.1 Å². The van der Waals surface area contributed by atoms with E-state index in [9.17, 15) is 10.1 Å². The topological polar surface area (TPSA) is 83.4 Å². The highest BCUT2D eigenvalue weighted by molar-refractivity contribution is 5.97. The Morgan fingerprint density at radius 3 is 2.48 bits per heavy atom. The molecule has 0 atom stereocenters. The number of carbonyl (C=O) groups is 1. The van der Waals surface area contributed by atoms with Gasteiger partial charge in [-0.05, 0) is 29.7 Å². The first kappa shape index (κ1) is 19.9. The zero-order valence-corrected chi connectivity index (χ0v) is 15.5. The highest BCUT2D eigenvalue weighted by atomic mass is 16.5. The molecule has 0 heterocycles. The average Bonchev–Trinajstić information content (AvgIpc) is 2.72. The van der Waals surface area contributed by atoms with E-state index in [0.717, 1.165) is 11.1 Å². The maximum Gasteiger partial charge on any atom is 0.263 e. The Kier molecular flexibility index (Phi) is 7.73. The summed E-state index contributed by atoms with van der Waals surface area (Å²) in [6.45, 7) is 0.955. The minimum Gasteiger partial charge on any atom is -0.493 e. The van der Waals surface area contributed by atoms with Gasteiger partial charge in [0.1, 0.15) is 11.6 Å². The van der Waals surface area contributed by atoms with E-state index in [4.69, 9.17) is 9.47 Å². The number of nitrogens with zero attached hydrogens (tertiary/aromatic N) is 1. The maximum absolute atomic E-state index is 12.1. The molecule has 0 radical (unpaired) electrons. The minimum absolute atomic E-state index is 0.0400. The van der Waals surface area contributed by atoms with Crippen molar-refractivity contribution < 1.29 is 14.3 Å². The summed E-state index contributed by atoms with van der Waals surface area (Å²) in [5.74, 6) is 0.944. The number of methoxy groups -OCH3 is 2. The fourth-order valence-corrected chi connectivity index (χ4v) is 2.45. The van der Waals surface area contributed by atoms with Gasteiger partial charge < -0.3 is 20.1 Å². The molecular formula is C21H23N3O3. The van der Waals surface area contributed by atoms with Gasteiger partial charge in [0.25, 0.3) is 5.91 Å². The van der Waals surface area contributed by atoms with Gasteiger partial charge in [0.2, 0.25) is 0 Å². The Labute approximate surface area is 159 Å². The summed E-state index contributed by atoms with van der Waals surface area (Å²) in [6, 6.07) is 17.2. The molecule has 140 valence electrons. The first-order valence-corrected chi connectivity index (χ1v) is 8.54. The maximum atomic E-state index is 12.1. The second kappa shape index (κ2) is 10.5. The number of hydrogen-bond acceptors (Lipinski definition) is 5. The monoisotopic (exact) mass is 365 g/mol. The van der Waals surface area contributed by atoms with Gasteiger partial charge >= 0.3 is 0 Å². The van der Waals surface area contributed by atoms with E-state index in [1.807, 2.05) is 54.6 Å². The third kappa shape index (κ3) is 6.08. The molecule has 2 rings (SSSR count). The lowest BCUT2D eigenvalue weighted by Gasteiger charge is -2.09.